The first kappa shape index (κ1) is 13.8. The van der Waals surface area contributed by atoms with Gasteiger partial charge in [-0.05, 0) is 31.6 Å². The van der Waals surface area contributed by atoms with E-state index in [0.717, 1.165) is 25.8 Å². The first-order valence-corrected chi connectivity index (χ1v) is 6.12. The molecule has 0 N–H and O–H groups in total. The minimum Gasteiger partial charge on any atom is -0.335 e. The lowest BCUT2D eigenvalue weighted by Crippen LogP contribution is -2.42. The Balaban J connectivity index is 2.87. The summed E-state index contributed by atoms with van der Waals surface area (Å²) < 4.78 is 0. The summed E-state index contributed by atoms with van der Waals surface area (Å²) >= 11 is 0. The molecule has 0 bridgehead atoms. The molecule has 1 rings (SSSR count). The summed E-state index contributed by atoms with van der Waals surface area (Å²) in [5.74, 6) is -0.165. The first-order valence-electron chi connectivity index (χ1n) is 6.12. The van der Waals surface area contributed by atoms with Crippen LogP contribution in [0.4, 0.5) is 0 Å². The van der Waals surface area contributed by atoms with Gasteiger partial charge in [0.05, 0.1) is 0 Å². The standard InChI is InChI=1S/C14H21N2O/c1-11-7-5-6-8-16(11)13(17)12(10-15)9-14(2,3)4/h9,11H,1,5-8H2,2-4H3/t11-/m1/s1. The third kappa shape index (κ3) is 3.89. The van der Waals surface area contributed by atoms with E-state index in [1.807, 2.05) is 26.8 Å². The van der Waals surface area contributed by atoms with Gasteiger partial charge in [0.25, 0.3) is 5.91 Å². The molecule has 1 fully saturated rings. The van der Waals surface area contributed by atoms with Gasteiger partial charge < -0.3 is 4.90 Å². The van der Waals surface area contributed by atoms with Crippen LogP contribution >= 0.6 is 0 Å². The zero-order valence-electron chi connectivity index (χ0n) is 11.0. The van der Waals surface area contributed by atoms with Crippen LogP contribution in [0.15, 0.2) is 11.6 Å². The number of carbonyl (C=O) groups excluding carboxylic acids is 1. The Bertz CT molecular complexity index is 357. The highest BCUT2D eigenvalue weighted by Gasteiger charge is 2.26. The van der Waals surface area contributed by atoms with Crippen LogP contribution in [0.1, 0.15) is 40.0 Å². The minimum absolute atomic E-state index is 0.00738. The quantitative estimate of drug-likeness (QED) is 0.516. The first-order chi connectivity index (χ1) is 7.85. The summed E-state index contributed by atoms with van der Waals surface area (Å²) in [6, 6.07) is 2.03. The average Bonchev–Trinajstić information content (AvgIpc) is 2.24. The lowest BCUT2D eigenvalue weighted by atomic mass is 9.93. The van der Waals surface area contributed by atoms with E-state index in [1.165, 1.54) is 0 Å². The maximum Gasteiger partial charge on any atom is 0.264 e. The molecule has 3 nitrogen and oxygen atoms in total. The highest BCUT2D eigenvalue weighted by Crippen LogP contribution is 2.22. The van der Waals surface area contributed by atoms with Crippen molar-refractivity contribution in [2.24, 2.45) is 5.41 Å². The number of amides is 1. The van der Waals surface area contributed by atoms with E-state index < -0.39 is 0 Å². The molecular formula is C14H21N2O. The normalized spacial score (nSPS) is 22.2. The van der Waals surface area contributed by atoms with Gasteiger partial charge in [-0.1, -0.05) is 26.8 Å². The maximum atomic E-state index is 12.2. The van der Waals surface area contributed by atoms with Crippen molar-refractivity contribution in [3.05, 3.63) is 18.6 Å². The summed E-state index contributed by atoms with van der Waals surface area (Å²) in [5.41, 5.74) is 0.0840. The lowest BCUT2D eigenvalue weighted by molar-refractivity contribution is -0.129. The third-order valence-corrected chi connectivity index (χ3v) is 2.82. The van der Waals surface area contributed by atoms with Gasteiger partial charge in [-0.15, -0.1) is 0 Å². The van der Waals surface area contributed by atoms with Crippen molar-refractivity contribution in [3.8, 4) is 6.07 Å². The Morgan fingerprint density at radius 3 is 2.59 bits per heavy atom. The van der Waals surface area contributed by atoms with Crippen LogP contribution in [-0.4, -0.2) is 23.4 Å². The second-order valence-corrected chi connectivity index (χ2v) is 5.68. The Kier molecular flexibility index (Phi) is 4.34. The number of piperidine rings is 1. The van der Waals surface area contributed by atoms with E-state index in [9.17, 15) is 4.79 Å². The molecule has 0 aliphatic carbocycles. The van der Waals surface area contributed by atoms with Gasteiger partial charge in [0.1, 0.15) is 11.6 Å². The molecule has 1 amide bonds. The fourth-order valence-electron chi connectivity index (χ4n) is 2.00. The van der Waals surface area contributed by atoms with Crippen molar-refractivity contribution in [1.29, 1.82) is 5.26 Å². The largest absolute Gasteiger partial charge is 0.335 e. The Morgan fingerprint density at radius 1 is 1.47 bits per heavy atom. The van der Waals surface area contributed by atoms with E-state index in [2.05, 4.69) is 6.92 Å². The number of hydrogen-bond acceptors (Lipinski definition) is 2. The molecule has 0 unspecified atom stereocenters. The fourth-order valence-corrected chi connectivity index (χ4v) is 2.00. The van der Waals surface area contributed by atoms with Crippen LogP contribution < -0.4 is 0 Å². The molecule has 3 heteroatoms. The summed E-state index contributed by atoms with van der Waals surface area (Å²) in [6.07, 6.45) is 4.80. The number of hydrogen-bond donors (Lipinski definition) is 0. The molecule has 1 aliphatic heterocycles. The lowest BCUT2D eigenvalue weighted by Gasteiger charge is -2.33. The molecule has 1 heterocycles. The van der Waals surface area contributed by atoms with Crippen molar-refractivity contribution in [3.63, 3.8) is 0 Å². The number of nitrogens with zero attached hydrogens (tertiary/aromatic N) is 2. The highest BCUT2D eigenvalue weighted by atomic mass is 16.2. The average molecular weight is 233 g/mol. The van der Waals surface area contributed by atoms with Crippen LogP contribution in [0.5, 0.6) is 0 Å². The van der Waals surface area contributed by atoms with Gasteiger partial charge in [-0.2, -0.15) is 5.26 Å². The van der Waals surface area contributed by atoms with E-state index >= 15 is 0 Å². The van der Waals surface area contributed by atoms with Crippen molar-refractivity contribution in [2.45, 2.75) is 46.1 Å². The van der Waals surface area contributed by atoms with Crippen LogP contribution in [-0.2, 0) is 4.79 Å². The van der Waals surface area contributed by atoms with E-state index in [0.29, 0.717) is 0 Å². The SMILES string of the molecule is [CH2][C@@H]1CCCCN1C(=O)C(C#N)=CC(C)(C)C. The van der Waals surface area contributed by atoms with E-state index in [4.69, 9.17) is 5.26 Å². The molecule has 0 spiro atoms. The zero-order valence-corrected chi connectivity index (χ0v) is 11.0. The van der Waals surface area contributed by atoms with Gasteiger partial charge in [-0.25, -0.2) is 0 Å². The smallest absolute Gasteiger partial charge is 0.264 e. The predicted octanol–water partition coefficient (Wildman–Crippen LogP) is 2.70. The second kappa shape index (κ2) is 5.35. The molecule has 0 saturated carbocycles. The van der Waals surface area contributed by atoms with E-state index in [1.54, 1.807) is 11.0 Å². The highest BCUT2D eigenvalue weighted by molar-refractivity contribution is 5.97. The number of likely N-dealkylation sites (tertiary alicyclic amines) is 1. The van der Waals surface area contributed by atoms with Crippen molar-refractivity contribution in [1.82, 2.24) is 4.90 Å². The van der Waals surface area contributed by atoms with Gasteiger partial charge in [-0.3, -0.25) is 4.79 Å². The minimum atomic E-state index is -0.165. The Labute approximate surface area is 104 Å². The molecular weight excluding hydrogens is 212 g/mol. The molecule has 1 atom stereocenters. The van der Waals surface area contributed by atoms with Gasteiger partial charge in [0, 0.05) is 12.6 Å². The summed E-state index contributed by atoms with van der Waals surface area (Å²) in [7, 11) is 0. The number of nitriles is 1. The Hall–Kier alpha value is -1.30. The van der Waals surface area contributed by atoms with Crippen LogP contribution in [0.3, 0.4) is 0 Å². The topological polar surface area (TPSA) is 44.1 Å². The van der Waals surface area contributed by atoms with Crippen molar-refractivity contribution in [2.75, 3.05) is 6.54 Å². The second-order valence-electron chi connectivity index (χ2n) is 5.68. The molecule has 1 saturated heterocycles. The number of rotatable bonds is 1. The third-order valence-electron chi connectivity index (χ3n) is 2.82. The van der Waals surface area contributed by atoms with Gasteiger partial charge in [0.2, 0.25) is 0 Å². The molecule has 93 valence electrons. The van der Waals surface area contributed by atoms with Crippen molar-refractivity contribution >= 4 is 5.91 Å². The van der Waals surface area contributed by atoms with Gasteiger partial charge in [0.15, 0.2) is 0 Å². The maximum absolute atomic E-state index is 12.2. The van der Waals surface area contributed by atoms with Gasteiger partial charge >= 0.3 is 0 Å². The van der Waals surface area contributed by atoms with E-state index in [-0.39, 0.29) is 22.9 Å². The number of carbonyl (C=O) groups is 1. The molecule has 1 aliphatic rings. The molecule has 17 heavy (non-hydrogen) atoms. The Morgan fingerprint density at radius 2 is 2.12 bits per heavy atom. The summed E-state index contributed by atoms with van der Waals surface area (Å²) in [5, 5.41) is 9.09. The van der Waals surface area contributed by atoms with Crippen LogP contribution in [0, 0.1) is 23.7 Å². The molecule has 0 aromatic heterocycles. The molecule has 1 radical (unpaired) electrons. The summed E-state index contributed by atoms with van der Waals surface area (Å²) in [4.78, 5) is 13.9. The predicted molar refractivity (Wildman–Crippen MR) is 67.9 cm³/mol. The summed E-state index contributed by atoms with van der Waals surface area (Å²) in [6.45, 7) is 10.6. The number of allylic oxidation sites excluding steroid dienone is 1. The van der Waals surface area contributed by atoms with Crippen LogP contribution in [0.25, 0.3) is 0 Å². The monoisotopic (exact) mass is 233 g/mol. The molecule has 0 aromatic carbocycles. The fraction of sp³-hybridized carbons (Fsp3) is 0.643. The van der Waals surface area contributed by atoms with Crippen molar-refractivity contribution < 1.29 is 4.79 Å². The molecule has 0 aromatic rings. The van der Waals surface area contributed by atoms with Crippen LogP contribution in [0.2, 0.25) is 0 Å². The zero-order chi connectivity index (χ0) is 13.1.